The summed E-state index contributed by atoms with van der Waals surface area (Å²) < 4.78 is 12.9. The number of nitrogens with one attached hydrogen (secondary N) is 1. The first-order valence-electron chi connectivity index (χ1n) is 8.95. The number of nitrogens with zero attached hydrogens (tertiary/aromatic N) is 3. The highest BCUT2D eigenvalue weighted by Crippen LogP contribution is 2.34. The second-order valence-electron chi connectivity index (χ2n) is 6.48. The van der Waals surface area contributed by atoms with Crippen molar-refractivity contribution in [2.75, 3.05) is 33.9 Å². The largest absolute Gasteiger partial charge is 0.493 e. The van der Waals surface area contributed by atoms with E-state index in [0.29, 0.717) is 36.6 Å². The first-order chi connectivity index (χ1) is 13.1. The Morgan fingerprint density at radius 1 is 1.39 bits per heavy atom. The van der Waals surface area contributed by atoms with E-state index in [2.05, 4.69) is 16.9 Å². The molecule has 0 bridgehead atoms. The standard InChI is InChI=1S/C20H26N4O3.ClH/c1-5-6-14-11-15(12-17(26-3)18(14)27-4)20(25)24-10-7-21-13-16(24)19-22-8-9-23(19)2;/h5,8-9,11-12,16,21H,1,6-7,10,13H2,2-4H3;1H. The normalized spacial score (nSPS) is 16.2. The molecular weight excluding hydrogens is 380 g/mol. The van der Waals surface area contributed by atoms with E-state index in [9.17, 15) is 4.79 Å². The molecule has 2 aromatic rings. The molecule has 0 radical (unpaired) electrons. The zero-order valence-corrected chi connectivity index (χ0v) is 17.3. The molecule has 1 aliphatic rings. The van der Waals surface area contributed by atoms with Crippen LogP contribution in [0.5, 0.6) is 11.5 Å². The summed E-state index contributed by atoms with van der Waals surface area (Å²) >= 11 is 0. The van der Waals surface area contributed by atoms with E-state index >= 15 is 0 Å². The molecule has 1 aromatic carbocycles. The molecule has 1 N–H and O–H groups in total. The van der Waals surface area contributed by atoms with E-state index < -0.39 is 0 Å². The average molecular weight is 407 g/mol. The fourth-order valence-corrected chi connectivity index (χ4v) is 3.52. The minimum Gasteiger partial charge on any atom is -0.493 e. The molecule has 8 heteroatoms. The lowest BCUT2D eigenvalue weighted by Crippen LogP contribution is -2.49. The first kappa shape index (κ1) is 21.8. The number of rotatable bonds is 6. The monoisotopic (exact) mass is 406 g/mol. The van der Waals surface area contributed by atoms with Gasteiger partial charge < -0.3 is 24.3 Å². The Hall–Kier alpha value is -2.51. The van der Waals surface area contributed by atoms with Gasteiger partial charge in [0.1, 0.15) is 11.9 Å². The predicted molar refractivity (Wildman–Crippen MR) is 111 cm³/mol. The number of ether oxygens (including phenoxy) is 2. The Labute approximate surface area is 171 Å². The Bertz CT molecular complexity index is 837. The van der Waals surface area contributed by atoms with Crippen LogP contribution in [0.15, 0.2) is 37.2 Å². The highest BCUT2D eigenvalue weighted by molar-refractivity contribution is 5.95. The summed E-state index contributed by atoms with van der Waals surface area (Å²) in [5.41, 5.74) is 1.45. The van der Waals surface area contributed by atoms with Crippen LogP contribution in [0.3, 0.4) is 0 Å². The van der Waals surface area contributed by atoms with E-state index in [-0.39, 0.29) is 24.4 Å². The minimum absolute atomic E-state index is 0. The van der Waals surface area contributed by atoms with Crippen LogP contribution in [0, 0.1) is 0 Å². The van der Waals surface area contributed by atoms with Crippen LogP contribution in [-0.4, -0.2) is 54.2 Å². The molecule has 1 atom stereocenters. The molecule has 2 heterocycles. The molecule has 28 heavy (non-hydrogen) atoms. The lowest BCUT2D eigenvalue weighted by atomic mass is 10.0. The molecule has 1 amide bonds. The second-order valence-corrected chi connectivity index (χ2v) is 6.48. The van der Waals surface area contributed by atoms with E-state index in [1.165, 1.54) is 0 Å². The number of imidazole rings is 1. The van der Waals surface area contributed by atoms with Crippen LogP contribution in [-0.2, 0) is 13.5 Å². The smallest absolute Gasteiger partial charge is 0.254 e. The van der Waals surface area contributed by atoms with Gasteiger partial charge in [-0.25, -0.2) is 4.98 Å². The number of benzene rings is 1. The zero-order valence-electron chi connectivity index (χ0n) is 16.5. The summed E-state index contributed by atoms with van der Waals surface area (Å²) in [4.78, 5) is 19.7. The van der Waals surface area contributed by atoms with E-state index in [1.54, 1.807) is 32.6 Å². The second kappa shape index (κ2) is 9.61. The fourth-order valence-electron chi connectivity index (χ4n) is 3.52. The molecule has 1 saturated heterocycles. The van der Waals surface area contributed by atoms with Crippen LogP contribution < -0.4 is 14.8 Å². The Morgan fingerprint density at radius 2 is 2.18 bits per heavy atom. The van der Waals surface area contributed by atoms with Crippen molar-refractivity contribution in [2.45, 2.75) is 12.5 Å². The van der Waals surface area contributed by atoms with Crippen molar-refractivity contribution in [2.24, 2.45) is 7.05 Å². The summed E-state index contributed by atoms with van der Waals surface area (Å²) in [7, 11) is 5.11. The number of halogens is 1. The SMILES string of the molecule is C=CCc1cc(C(=O)N2CCNCC2c2nccn2C)cc(OC)c1OC.Cl. The van der Waals surface area contributed by atoms with Crippen LogP contribution >= 0.6 is 12.4 Å². The van der Waals surface area contributed by atoms with Crippen molar-refractivity contribution in [1.82, 2.24) is 19.8 Å². The van der Waals surface area contributed by atoms with Crippen LogP contribution in [0.4, 0.5) is 0 Å². The molecule has 1 aliphatic heterocycles. The third-order valence-corrected chi connectivity index (χ3v) is 4.83. The molecule has 0 saturated carbocycles. The third-order valence-electron chi connectivity index (χ3n) is 4.83. The van der Waals surface area contributed by atoms with Gasteiger partial charge in [0.25, 0.3) is 5.91 Å². The lowest BCUT2D eigenvalue weighted by molar-refractivity contribution is 0.0620. The van der Waals surface area contributed by atoms with Gasteiger partial charge in [0, 0.05) is 50.2 Å². The zero-order chi connectivity index (χ0) is 19.4. The molecule has 7 nitrogen and oxygen atoms in total. The number of hydrogen-bond acceptors (Lipinski definition) is 5. The van der Waals surface area contributed by atoms with Gasteiger partial charge in [0.15, 0.2) is 11.5 Å². The number of hydrogen-bond donors (Lipinski definition) is 1. The summed E-state index contributed by atoms with van der Waals surface area (Å²) in [5, 5.41) is 3.35. The Balaban J connectivity index is 0.00000280. The maximum absolute atomic E-state index is 13.4. The molecule has 0 aliphatic carbocycles. The molecule has 152 valence electrons. The number of piperazine rings is 1. The topological polar surface area (TPSA) is 68.6 Å². The Kier molecular flexibility index (Phi) is 7.48. The minimum atomic E-state index is -0.123. The van der Waals surface area contributed by atoms with Crippen molar-refractivity contribution >= 4 is 18.3 Å². The number of amides is 1. The first-order valence-corrected chi connectivity index (χ1v) is 8.95. The number of allylic oxidation sites excluding steroid dienone is 1. The molecule has 1 aromatic heterocycles. The number of aryl methyl sites for hydroxylation is 1. The summed E-state index contributed by atoms with van der Waals surface area (Å²) in [5.74, 6) is 2.00. The van der Waals surface area contributed by atoms with Gasteiger partial charge in [-0.05, 0) is 18.6 Å². The van der Waals surface area contributed by atoms with Crippen LogP contribution in [0.25, 0.3) is 0 Å². The lowest BCUT2D eigenvalue weighted by Gasteiger charge is -2.36. The van der Waals surface area contributed by atoms with Gasteiger partial charge in [0.2, 0.25) is 0 Å². The molecular formula is C20H27ClN4O3. The summed E-state index contributed by atoms with van der Waals surface area (Å²) in [6.45, 7) is 5.83. The quantitative estimate of drug-likeness (QED) is 0.746. The van der Waals surface area contributed by atoms with Gasteiger partial charge in [-0.2, -0.15) is 0 Å². The average Bonchev–Trinajstić information content (AvgIpc) is 3.12. The van der Waals surface area contributed by atoms with E-state index in [4.69, 9.17) is 9.47 Å². The van der Waals surface area contributed by atoms with Crippen LogP contribution in [0.1, 0.15) is 27.8 Å². The van der Waals surface area contributed by atoms with E-state index in [0.717, 1.165) is 17.9 Å². The number of aromatic nitrogens is 2. The highest BCUT2D eigenvalue weighted by Gasteiger charge is 2.31. The van der Waals surface area contributed by atoms with Crippen LogP contribution in [0.2, 0.25) is 0 Å². The molecule has 1 unspecified atom stereocenters. The molecule has 3 rings (SSSR count). The van der Waals surface area contributed by atoms with Crippen molar-refractivity contribution in [3.8, 4) is 11.5 Å². The van der Waals surface area contributed by atoms with Crippen molar-refractivity contribution in [3.05, 3.63) is 54.1 Å². The third kappa shape index (κ3) is 4.15. The van der Waals surface area contributed by atoms with Gasteiger partial charge in [-0.3, -0.25) is 4.79 Å². The Morgan fingerprint density at radius 3 is 2.79 bits per heavy atom. The maximum atomic E-state index is 13.4. The van der Waals surface area contributed by atoms with Gasteiger partial charge >= 0.3 is 0 Å². The number of methoxy groups -OCH3 is 2. The van der Waals surface area contributed by atoms with E-state index in [1.807, 2.05) is 28.8 Å². The molecule has 1 fully saturated rings. The van der Waals surface area contributed by atoms with Gasteiger partial charge in [-0.1, -0.05) is 6.08 Å². The fraction of sp³-hybridized carbons (Fsp3) is 0.400. The van der Waals surface area contributed by atoms with Crippen molar-refractivity contribution in [1.29, 1.82) is 0 Å². The van der Waals surface area contributed by atoms with Gasteiger partial charge in [0.05, 0.1) is 14.2 Å². The number of carbonyl (C=O) groups is 1. The summed E-state index contributed by atoms with van der Waals surface area (Å²) in [6, 6.07) is 3.48. The van der Waals surface area contributed by atoms with Crippen molar-refractivity contribution in [3.63, 3.8) is 0 Å². The molecule has 0 spiro atoms. The highest BCUT2D eigenvalue weighted by atomic mass is 35.5. The number of carbonyl (C=O) groups excluding carboxylic acids is 1. The summed E-state index contributed by atoms with van der Waals surface area (Å²) in [6.07, 6.45) is 6.02. The predicted octanol–water partition coefficient (Wildman–Crippen LogP) is 2.37. The van der Waals surface area contributed by atoms with Crippen molar-refractivity contribution < 1.29 is 14.3 Å². The maximum Gasteiger partial charge on any atom is 0.254 e. The van der Waals surface area contributed by atoms with Gasteiger partial charge in [-0.15, -0.1) is 19.0 Å².